The Hall–Kier alpha value is -1.84. The lowest BCUT2D eigenvalue weighted by molar-refractivity contribution is 0.399. The average Bonchev–Trinajstić information content (AvgIpc) is 2.70. The molecule has 0 saturated heterocycles. The standard InChI is InChI=1S/C9H9N3O/c1-13-9-7(3-2-4-11-9)8-5-10-6-12-8/h2-6H,1H3,(H,10,12). The quantitative estimate of drug-likeness (QED) is 0.752. The maximum atomic E-state index is 5.10. The summed E-state index contributed by atoms with van der Waals surface area (Å²) in [6, 6.07) is 3.77. The van der Waals surface area contributed by atoms with Crippen LogP contribution in [0, 0.1) is 0 Å². The summed E-state index contributed by atoms with van der Waals surface area (Å²) in [5.74, 6) is 0.592. The molecule has 2 aromatic rings. The highest BCUT2D eigenvalue weighted by Gasteiger charge is 2.06. The maximum Gasteiger partial charge on any atom is 0.222 e. The SMILES string of the molecule is COc1ncccc1-c1c[nH]cn1. The molecule has 0 unspecified atom stereocenters. The van der Waals surface area contributed by atoms with Gasteiger partial charge in [0.15, 0.2) is 0 Å². The van der Waals surface area contributed by atoms with Crippen LogP contribution < -0.4 is 4.74 Å². The van der Waals surface area contributed by atoms with Crippen molar-refractivity contribution < 1.29 is 4.74 Å². The van der Waals surface area contributed by atoms with Gasteiger partial charge in [-0.15, -0.1) is 0 Å². The molecule has 0 bridgehead atoms. The molecule has 0 amide bonds. The Bertz CT molecular complexity index is 384. The van der Waals surface area contributed by atoms with E-state index in [-0.39, 0.29) is 0 Å². The summed E-state index contributed by atoms with van der Waals surface area (Å²) in [7, 11) is 1.60. The monoisotopic (exact) mass is 175 g/mol. The van der Waals surface area contributed by atoms with Crippen molar-refractivity contribution in [2.75, 3.05) is 7.11 Å². The zero-order chi connectivity index (χ0) is 9.10. The summed E-state index contributed by atoms with van der Waals surface area (Å²) in [6.07, 6.45) is 5.12. The van der Waals surface area contributed by atoms with Crippen LogP contribution in [0.15, 0.2) is 30.9 Å². The summed E-state index contributed by atoms with van der Waals surface area (Å²) < 4.78 is 5.10. The average molecular weight is 175 g/mol. The van der Waals surface area contributed by atoms with Crippen LogP contribution in [0.1, 0.15) is 0 Å². The van der Waals surface area contributed by atoms with Crippen molar-refractivity contribution in [2.24, 2.45) is 0 Å². The Morgan fingerprint density at radius 1 is 1.38 bits per heavy atom. The molecule has 0 aliphatic carbocycles. The summed E-state index contributed by atoms with van der Waals surface area (Å²) in [6.45, 7) is 0. The molecule has 0 aliphatic heterocycles. The number of rotatable bonds is 2. The summed E-state index contributed by atoms with van der Waals surface area (Å²) >= 11 is 0. The lowest BCUT2D eigenvalue weighted by atomic mass is 10.2. The maximum absolute atomic E-state index is 5.10. The number of H-pyrrole nitrogens is 1. The molecule has 2 aromatic heterocycles. The van der Waals surface area contributed by atoms with Crippen molar-refractivity contribution in [2.45, 2.75) is 0 Å². The largest absolute Gasteiger partial charge is 0.481 e. The first-order valence-electron chi connectivity index (χ1n) is 3.90. The van der Waals surface area contributed by atoms with Crippen LogP contribution in [0.5, 0.6) is 5.88 Å². The molecule has 2 heterocycles. The second-order valence-electron chi connectivity index (χ2n) is 2.51. The minimum atomic E-state index is 0.592. The molecular formula is C9H9N3O. The van der Waals surface area contributed by atoms with Crippen LogP contribution in [0.25, 0.3) is 11.3 Å². The summed E-state index contributed by atoms with van der Waals surface area (Å²) in [4.78, 5) is 11.1. The number of nitrogens with one attached hydrogen (secondary N) is 1. The van der Waals surface area contributed by atoms with Gasteiger partial charge in [0.25, 0.3) is 0 Å². The van der Waals surface area contributed by atoms with E-state index in [2.05, 4.69) is 15.0 Å². The van der Waals surface area contributed by atoms with E-state index in [4.69, 9.17) is 4.74 Å². The number of methoxy groups -OCH3 is 1. The van der Waals surface area contributed by atoms with Crippen LogP contribution in [-0.2, 0) is 0 Å². The van der Waals surface area contributed by atoms with Gasteiger partial charge in [0.2, 0.25) is 5.88 Å². The van der Waals surface area contributed by atoms with Gasteiger partial charge in [0.05, 0.1) is 24.7 Å². The molecule has 0 fully saturated rings. The minimum absolute atomic E-state index is 0.592. The molecule has 0 spiro atoms. The van der Waals surface area contributed by atoms with Crippen LogP contribution in [0.2, 0.25) is 0 Å². The third kappa shape index (κ3) is 1.38. The van der Waals surface area contributed by atoms with Crippen molar-refractivity contribution in [3.05, 3.63) is 30.9 Å². The molecule has 66 valence electrons. The van der Waals surface area contributed by atoms with E-state index in [1.165, 1.54) is 0 Å². The van der Waals surface area contributed by atoms with Gasteiger partial charge in [0.1, 0.15) is 0 Å². The van der Waals surface area contributed by atoms with Gasteiger partial charge >= 0.3 is 0 Å². The van der Waals surface area contributed by atoms with E-state index >= 15 is 0 Å². The van der Waals surface area contributed by atoms with Crippen LogP contribution >= 0.6 is 0 Å². The molecule has 0 aliphatic rings. The number of hydrogen-bond acceptors (Lipinski definition) is 3. The second kappa shape index (κ2) is 3.26. The van der Waals surface area contributed by atoms with Crippen molar-refractivity contribution in [1.29, 1.82) is 0 Å². The Balaban J connectivity index is 2.51. The van der Waals surface area contributed by atoms with E-state index in [9.17, 15) is 0 Å². The molecule has 4 heteroatoms. The zero-order valence-electron chi connectivity index (χ0n) is 7.19. The summed E-state index contributed by atoms with van der Waals surface area (Å²) in [5.41, 5.74) is 1.73. The number of aromatic amines is 1. The fraction of sp³-hybridized carbons (Fsp3) is 0.111. The lowest BCUT2D eigenvalue weighted by Crippen LogP contribution is -1.90. The van der Waals surface area contributed by atoms with E-state index in [0.717, 1.165) is 11.3 Å². The highest BCUT2D eigenvalue weighted by molar-refractivity contribution is 5.63. The highest BCUT2D eigenvalue weighted by atomic mass is 16.5. The van der Waals surface area contributed by atoms with Gasteiger partial charge in [-0.1, -0.05) is 0 Å². The van der Waals surface area contributed by atoms with Crippen molar-refractivity contribution in [3.8, 4) is 17.1 Å². The Morgan fingerprint density at radius 2 is 2.31 bits per heavy atom. The number of aromatic nitrogens is 3. The molecule has 2 rings (SSSR count). The first-order chi connectivity index (χ1) is 6.42. The first kappa shape index (κ1) is 7.79. The zero-order valence-corrected chi connectivity index (χ0v) is 7.19. The third-order valence-electron chi connectivity index (χ3n) is 1.74. The molecule has 0 aromatic carbocycles. The van der Waals surface area contributed by atoms with Crippen LogP contribution in [-0.4, -0.2) is 22.1 Å². The molecule has 4 nitrogen and oxygen atoms in total. The molecule has 0 saturated carbocycles. The van der Waals surface area contributed by atoms with E-state index in [1.807, 2.05) is 12.1 Å². The van der Waals surface area contributed by atoms with Gasteiger partial charge in [0, 0.05) is 12.4 Å². The Labute approximate surface area is 75.6 Å². The molecule has 13 heavy (non-hydrogen) atoms. The van der Waals surface area contributed by atoms with E-state index in [1.54, 1.807) is 25.8 Å². The van der Waals surface area contributed by atoms with Gasteiger partial charge in [-0.25, -0.2) is 9.97 Å². The normalized spacial score (nSPS) is 9.92. The van der Waals surface area contributed by atoms with E-state index in [0.29, 0.717) is 5.88 Å². The number of nitrogens with zero attached hydrogens (tertiary/aromatic N) is 2. The number of hydrogen-bond donors (Lipinski definition) is 1. The summed E-state index contributed by atoms with van der Waals surface area (Å²) in [5, 5.41) is 0. The van der Waals surface area contributed by atoms with Gasteiger partial charge in [-0.3, -0.25) is 0 Å². The molecular weight excluding hydrogens is 166 g/mol. The fourth-order valence-electron chi connectivity index (χ4n) is 1.16. The Morgan fingerprint density at radius 3 is 3.00 bits per heavy atom. The number of imidazole rings is 1. The second-order valence-corrected chi connectivity index (χ2v) is 2.51. The number of ether oxygens (including phenoxy) is 1. The van der Waals surface area contributed by atoms with Crippen molar-refractivity contribution in [3.63, 3.8) is 0 Å². The predicted octanol–water partition coefficient (Wildman–Crippen LogP) is 1.48. The molecule has 1 N–H and O–H groups in total. The lowest BCUT2D eigenvalue weighted by Gasteiger charge is -2.02. The van der Waals surface area contributed by atoms with Crippen molar-refractivity contribution >= 4 is 0 Å². The van der Waals surface area contributed by atoms with E-state index < -0.39 is 0 Å². The minimum Gasteiger partial charge on any atom is -0.481 e. The van der Waals surface area contributed by atoms with Gasteiger partial charge in [-0.05, 0) is 12.1 Å². The van der Waals surface area contributed by atoms with Gasteiger partial charge in [-0.2, -0.15) is 0 Å². The van der Waals surface area contributed by atoms with Crippen LogP contribution in [0.3, 0.4) is 0 Å². The third-order valence-corrected chi connectivity index (χ3v) is 1.74. The van der Waals surface area contributed by atoms with Crippen molar-refractivity contribution in [1.82, 2.24) is 15.0 Å². The molecule has 0 atom stereocenters. The highest BCUT2D eigenvalue weighted by Crippen LogP contribution is 2.24. The number of pyridine rings is 1. The topological polar surface area (TPSA) is 50.8 Å². The predicted molar refractivity (Wildman–Crippen MR) is 48.4 cm³/mol. The van der Waals surface area contributed by atoms with Crippen LogP contribution in [0.4, 0.5) is 0 Å². The van der Waals surface area contributed by atoms with Gasteiger partial charge < -0.3 is 9.72 Å². The molecule has 0 radical (unpaired) electrons. The Kier molecular flexibility index (Phi) is 1.96. The first-order valence-corrected chi connectivity index (χ1v) is 3.90. The smallest absolute Gasteiger partial charge is 0.222 e. The fourth-order valence-corrected chi connectivity index (χ4v) is 1.16.